The third-order valence-corrected chi connectivity index (χ3v) is 5.30. The largest absolute Gasteiger partial charge is 0.487 e. The van der Waals surface area contributed by atoms with E-state index in [4.69, 9.17) is 4.74 Å². The average molecular weight is 502 g/mol. The van der Waals surface area contributed by atoms with Crippen molar-refractivity contribution in [2.24, 2.45) is 0 Å². The minimum absolute atomic E-state index is 0.0351. The van der Waals surface area contributed by atoms with Crippen LogP contribution in [0.3, 0.4) is 0 Å². The summed E-state index contributed by atoms with van der Waals surface area (Å²) in [5, 5.41) is 3.15. The lowest BCUT2D eigenvalue weighted by molar-refractivity contribution is -0.137. The Bertz CT molecular complexity index is 1200. The number of allylic oxidation sites excluding steroid dienone is 1. The van der Waals surface area contributed by atoms with Gasteiger partial charge in [-0.2, -0.15) is 13.2 Å². The number of aryl methyl sites for hydroxylation is 1. The molecule has 0 atom stereocenters. The van der Waals surface area contributed by atoms with Crippen molar-refractivity contribution in [3.8, 4) is 5.75 Å². The molecule has 2 heterocycles. The van der Waals surface area contributed by atoms with Gasteiger partial charge in [-0.1, -0.05) is 45.9 Å². The van der Waals surface area contributed by atoms with Crippen LogP contribution in [0.15, 0.2) is 59.7 Å². The predicted octanol–water partition coefficient (Wildman–Crippen LogP) is 6.56. The van der Waals surface area contributed by atoms with Gasteiger partial charge in [0.1, 0.15) is 12.4 Å². The van der Waals surface area contributed by atoms with Gasteiger partial charge in [0.2, 0.25) is 0 Å². The molecule has 0 unspecified atom stereocenters. The van der Waals surface area contributed by atoms with Crippen LogP contribution in [0.1, 0.15) is 62.1 Å². The van der Waals surface area contributed by atoms with Crippen LogP contribution in [-0.4, -0.2) is 16.6 Å². The number of fused-ring (bicyclic) bond motifs is 1. The molecule has 0 radical (unpaired) electrons. The summed E-state index contributed by atoms with van der Waals surface area (Å²) >= 11 is 0. The highest BCUT2D eigenvalue weighted by Gasteiger charge is 2.30. The second-order valence-corrected chi connectivity index (χ2v) is 7.59. The zero-order valence-electron chi connectivity index (χ0n) is 21.4. The van der Waals surface area contributed by atoms with Crippen LogP contribution in [0, 0.1) is 0 Å². The van der Waals surface area contributed by atoms with Gasteiger partial charge in [0, 0.05) is 30.7 Å². The summed E-state index contributed by atoms with van der Waals surface area (Å²) in [6.45, 7) is 8.78. The van der Waals surface area contributed by atoms with E-state index in [0.717, 1.165) is 42.9 Å². The van der Waals surface area contributed by atoms with E-state index in [-0.39, 0.29) is 12.2 Å². The van der Waals surface area contributed by atoms with E-state index >= 15 is 0 Å². The van der Waals surface area contributed by atoms with Gasteiger partial charge in [-0.3, -0.25) is 14.3 Å². The normalized spacial score (nSPS) is 12.3. The number of nitrogens with zero attached hydrogens (tertiary/aromatic N) is 2. The predicted molar refractivity (Wildman–Crippen MR) is 139 cm³/mol. The molecule has 0 spiro atoms. The molecule has 194 valence electrons. The second kappa shape index (κ2) is 13.6. The van der Waals surface area contributed by atoms with Crippen LogP contribution in [0.4, 0.5) is 13.2 Å². The molecule has 3 aromatic rings. The molecule has 1 aromatic carbocycles. The number of benzene rings is 1. The molecule has 0 amide bonds. The van der Waals surface area contributed by atoms with E-state index < -0.39 is 11.7 Å². The molecule has 0 bridgehead atoms. The average Bonchev–Trinajstić information content (AvgIpc) is 2.89. The number of hydrogen-bond acceptors (Lipinski definition) is 4. The van der Waals surface area contributed by atoms with Crippen molar-refractivity contribution in [1.29, 1.82) is 0 Å². The molecule has 2 aromatic heterocycles. The van der Waals surface area contributed by atoms with Gasteiger partial charge in [0.15, 0.2) is 0 Å². The molecule has 0 saturated heterocycles. The smallest absolute Gasteiger partial charge is 0.417 e. The third-order valence-electron chi connectivity index (χ3n) is 5.30. The number of alkyl halides is 3. The lowest BCUT2D eigenvalue weighted by atomic mass is 9.93. The van der Waals surface area contributed by atoms with Crippen molar-refractivity contribution in [3.63, 3.8) is 0 Å². The molecule has 5 nitrogen and oxygen atoms in total. The number of ether oxygens (including phenoxy) is 1. The maximum Gasteiger partial charge on any atom is 0.417 e. The Morgan fingerprint density at radius 3 is 2.39 bits per heavy atom. The van der Waals surface area contributed by atoms with Crippen molar-refractivity contribution in [2.45, 2.75) is 59.9 Å². The molecule has 1 N–H and O–H groups in total. The maximum absolute atomic E-state index is 12.7. The third kappa shape index (κ3) is 7.55. The van der Waals surface area contributed by atoms with Gasteiger partial charge in [0.25, 0.3) is 5.56 Å². The van der Waals surface area contributed by atoms with Crippen molar-refractivity contribution in [3.05, 3.63) is 93.2 Å². The summed E-state index contributed by atoms with van der Waals surface area (Å²) < 4.78 is 45.0. The SMILES string of the molecule is CC.CC.CNCc1ccc2c(c1)CCC(n1ccc(OCc3ccc(C(F)(F)F)cn3)cc1=O)=C2. The van der Waals surface area contributed by atoms with E-state index in [2.05, 4.69) is 28.5 Å². The van der Waals surface area contributed by atoms with E-state index in [9.17, 15) is 18.0 Å². The number of aromatic nitrogens is 2. The van der Waals surface area contributed by atoms with Crippen LogP contribution in [0.25, 0.3) is 11.8 Å². The maximum atomic E-state index is 12.7. The van der Waals surface area contributed by atoms with E-state index in [1.807, 2.05) is 40.8 Å². The van der Waals surface area contributed by atoms with Crippen molar-refractivity contribution >= 4 is 11.8 Å². The topological polar surface area (TPSA) is 56.1 Å². The molecule has 0 saturated carbocycles. The molecular formula is C28H34F3N3O2. The van der Waals surface area contributed by atoms with E-state index in [0.29, 0.717) is 11.4 Å². The Morgan fingerprint density at radius 2 is 1.78 bits per heavy atom. The molecular weight excluding hydrogens is 467 g/mol. The number of nitrogens with one attached hydrogen (secondary N) is 1. The zero-order valence-corrected chi connectivity index (χ0v) is 21.4. The number of halogens is 3. The number of hydrogen-bond donors (Lipinski definition) is 1. The van der Waals surface area contributed by atoms with Gasteiger partial charge < -0.3 is 10.1 Å². The molecule has 1 aliphatic rings. The Labute approximate surface area is 210 Å². The highest BCUT2D eigenvalue weighted by atomic mass is 19.4. The van der Waals surface area contributed by atoms with Crippen LogP contribution in [0.2, 0.25) is 0 Å². The Kier molecular flexibility index (Phi) is 10.9. The molecule has 1 aliphatic carbocycles. The van der Waals surface area contributed by atoms with Gasteiger partial charge in [-0.05, 0) is 60.9 Å². The van der Waals surface area contributed by atoms with E-state index in [1.165, 1.54) is 23.3 Å². The summed E-state index contributed by atoms with van der Waals surface area (Å²) in [4.78, 5) is 16.4. The Hall–Kier alpha value is -3.39. The highest BCUT2D eigenvalue weighted by molar-refractivity contribution is 5.75. The standard InChI is InChI=1S/C24H22F3N3O2.2C2H6/c1-28-13-16-2-3-18-11-21(7-4-17(18)10-16)30-9-8-22(12-23(30)31)32-15-20-6-5-19(14-29-20)24(25,26)27;2*1-2/h2-3,5-6,8-12,14,28H,4,7,13,15H2,1H3;2*1-2H3. The minimum Gasteiger partial charge on any atom is -0.487 e. The van der Waals surface area contributed by atoms with Gasteiger partial charge in [0.05, 0.1) is 11.3 Å². The van der Waals surface area contributed by atoms with Gasteiger partial charge in [-0.25, -0.2) is 0 Å². The van der Waals surface area contributed by atoms with Crippen LogP contribution >= 0.6 is 0 Å². The first-order valence-corrected chi connectivity index (χ1v) is 12.2. The Morgan fingerprint density at radius 1 is 1.03 bits per heavy atom. The van der Waals surface area contributed by atoms with Crippen LogP contribution < -0.4 is 15.6 Å². The van der Waals surface area contributed by atoms with Crippen molar-refractivity contribution in [2.75, 3.05) is 7.05 Å². The minimum atomic E-state index is -4.43. The first-order valence-electron chi connectivity index (χ1n) is 12.2. The number of pyridine rings is 2. The van der Waals surface area contributed by atoms with E-state index in [1.54, 1.807) is 16.8 Å². The molecule has 8 heteroatoms. The molecule has 0 fully saturated rings. The van der Waals surface area contributed by atoms with Gasteiger partial charge >= 0.3 is 6.18 Å². The lowest BCUT2D eigenvalue weighted by Crippen LogP contribution is -2.19. The number of rotatable bonds is 6. The summed E-state index contributed by atoms with van der Waals surface area (Å²) in [7, 11) is 1.91. The van der Waals surface area contributed by atoms with Crippen molar-refractivity contribution < 1.29 is 17.9 Å². The fourth-order valence-corrected chi connectivity index (χ4v) is 3.66. The first-order chi connectivity index (χ1) is 17.3. The monoisotopic (exact) mass is 501 g/mol. The summed E-state index contributed by atoms with van der Waals surface area (Å²) in [5.74, 6) is 0.335. The zero-order chi connectivity index (χ0) is 26.7. The van der Waals surface area contributed by atoms with Crippen LogP contribution in [0.5, 0.6) is 5.75 Å². The second-order valence-electron chi connectivity index (χ2n) is 7.59. The lowest BCUT2D eigenvalue weighted by Gasteiger charge is -2.19. The fraction of sp³-hybridized carbons (Fsp3) is 0.357. The Balaban J connectivity index is 0.00000109. The summed E-state index contributed by atoms with van der Waals surface area (Å²) in [6.07, 6.45) is 1.61. The van der Waals surface area contributed by atoms with Crippen molar-refractivity contribution in [1.82, 2.24) is 14.9 Å². The molecule has 4 rings (SSSR count). The molecule has 0 aliphatic heterocycles. The quantitative estimate of drug-likeness (QED) is 0.416. The molecule has 36 heavy (non-hydrogen) atoms. The first kappa shape index (κ1) is 28.8. The van der Waals surface area contributed by atoms with Gasteiger partial charge in [-0.15, -0.1) is 0 Å². The highest BCUT2D eigenvalue weighted by Crippen LogP contribution is 2.29. The fourth-order valence-electron chi connectivity index (χ4n) is 3.66. The summed E-state index contributed by atoms with van der Waals surface area (Å²) in [5.41, 5.74) is 3.79. The van der Waals surface area contributed by atoms with Crippen LogP contribution in [-0.2, 0) is 25.7 Å². The summed E-state index contributed by atoms with van der Waals surface area (Å²) in [6, 6.07) is 11.6.